The summed E-state index contributed by atoms with van der Waals surface area (Å²) in [6.45, 7) is 7.37. The highest BCUT2D eigenvalue weighted by Crippen LogP contribution is 2.62. The Balaban J connectivity index is 2.17. The molecule has 0 aromatic rings. The first-order valence-corrected chi connectivity index (χ1v) is 5.92. The molecule has 3 aliphatic carbocycles. The van der Waals surface area contributed by atoms with Gasteiger partial charge in [0.05, 0.1) is 0 Å². The molecule has 3 saturated carbocycles. The first-order valence-electron chi connectivity index (χ1n) is 4.67. The van der Waals surface area contributed by atoms with Crippen LogP contribution >= 0.6 is 22.6 Å². The highest BCUT2D eigenvalue weighted by Gasteiger charge is 2.55. The van der Waals surface area contributed by atoms with E-state index in [1.54, 1.807) is 0 Å². The monoisotopic (exact) mass is 264 g/mol. The van der Waals surface area contributed by atoms with E-state index in [0.29, 0.717) is 5.41 Å². The molecule has 0 N–H and O–H groups in total. The fourth-order valence-corrected chi connectivity index (χ4v) is 4.20. The van der Waals surface area contributed by atoms with Crippen molar-refractivity contribution in [2.45, 2.75) is 37.5 Å². The summed E-state index contributed by atoms with van der Waals surface area (Å²) in [6, 6.07) is 0. The minimum absolute atomic E-state index is 0.682. The molecule has 2 bridgehead atoms. The van der Waals surface area contributed by atoms with E-state index in [1.807, 2.05) is 0 Å². The maximum atomic E-state index is 2.65. The van der Waals surface area contributed by atoms with Gasteiger partial charge < -0.3 is 0 Å². The highest BCUT2D eigenvalue weighted by atomic mass is 127. The summed E-state index contributed by atoms with van der Waals surface area (Å²) in [7, 11) is 0. The fraction of sp³-hybridized carbons (Fsp3) is 1.00. The Hall–Kier alpha value is 0.730. The van der Waals surface area contributed by atoms with Gasteiger partial charge in [0.1, 0.15) is 0 Å². The van der Waals surface area contributed by atoms with Crippen molar-refractivity contribution in [2.75, 3.05) is 0 Å². The number of rotatable bonds is 0. The molecule has 0 radical (unpaired) electrons. The molecule has 0 aromatic carbocycles. The van der Waals surface area contributed by atoms with Crippen molar-refractivity contribution in [2.24, 2.45) is 23.2 Å². The number of halogens is 1. The average molecular weight is 264 g/mol. The molecule has 0 aromatic heterocycles. The van der Waals surface area contributed by atoms with E-state index in [-0.39, 0.29) is 0 Å². The van der Waals surface area contributed by atoms with Crippen LogP contribution in [-0.4, -0.2) is 3.92 Å². The molecule has 4 atom stereocenters. The van der Waals surface area contributed by atoms with Gasteiger partial charge in [-0.2, -0.15) is 0 Å². The van der Waals surface area contributed by atoms with Crippen LogP contribution < -0.4 is 0 Å². The predicted molar refractivity (Wildman–Crippen MR) is 57.0 cm³/mol. The van der Waals surface area contributed by atoms with Gasteiger partial charge in [-0.05, 0) is 36.0 Å². The Kier molecular flexibility index (Phi) is 1.79. The summed E-state index contributed by atoms with van der Waals surface area (Å²) >= 11 is 2.65. The lowest BCUT2D eigenvalue weighted by Crippen LogP contribution is -2.55. The van der Waals surface area contributed by atoms with Gasteiger partial charge in [-0.3, -0.25) is 0 Å². The fourth-order valence-electron chi connectivity index (χ4n) is 3.09. The van der Waals surface area contributed by atoms with E-state index in [1.165, 1.54) is 12.8 Å². The Morgan fingerprint density at radius 2 is 1.91 bits per heavy atom. The first kappa shape index (κ1) is 8.33. The van der Waals surface area contributed by atoms with Crippen LogP contribution in [0.15, 0.2) is 0 Å². The van der Waals surface area contributed by atoms with Crippen molar-refractivity contribution >= 4 is 22.6 Å². The van der Waals surface area contributed by atoms with Crippen LogP contribution in [0.1, 0.15) is 33.6 Å². The van der Waals surface area contributed by atoms with Crippen molar-refractivity contribution in [3.63, 3.8) is 0 Å². The van der Waals surface area contributed by atoms with Crippen molar-refractivity contribution in [1.29, 1.82) is 0 Å². The highest BCUT2D eigenvalue weighted by molar-refractivity contribution is 14.1. The molecular formula is C10H17I. The summed E-state index contributed by atoms with van der Waals surface area (Å²) < 4.78 is 0.962. The smallest absolute Gasteiger partial charge is 0.0141 e. The van der Waals surface area contributed by atoms with Gasteiger partial charge in [0.25, 0.3) is 0 Å². The van der Waals surface area contributed by atoms with Crippen LogP contribution in [0, 0.1) is 23.2 Å². The third-order valence-corrected chi connectivity index (χ3v) is 5.90. The minimum atomic E-state index is 0.682. The van der Waals surface area contributed by atoms with Gasteiger partial charge >= 0.3 is 0 Å². The second-order valence-electron chi connectivity index (χ2n) is 4.97. The maximum Gasteiger partial charge on any atom is 0.0141 e. The molecule has 3 aliphatic rings. The van der Waals surface area contributed by atoms with Crippen LogP contribution in [0.4, 0.5) is 0 Å². The predicted octanol–water partition coefficient (Wildman–Crippen LogP) is 3.49. The van der Waals surface area contributed by atoms with Crippen LogP contribution in [0.3, 0.4) is 0 Å². The standard InChI is InChI=1S/C10H17I/c1-6-8-4-7(5-9(6)11)10(8,2)3/h6-9H,4-5H2,1-3H3/t6?,7-,8+,9?/m1/s1. The molecule has 0 nitrogen and oxygen atoms in total. The molecule has 2 unspecified atom stereocenters. The van der Waals surface area contributed by atoms with E-state index in [0.717, 1.165) is 21.7 Å². The zero-order chi connectivity index (χ0) is 8.22. The molecule has 0 saturated heterocycles. The molecule has 0 heterocycles. The SMILES string of the molecule is CC1C(I)C[C@H]2C[C@@H]1C2(C)C. The second kappa shape index (κ2) is 2.36. The quantitative estimate of drug-likeness (QED) is 0.464. The number of hydrogen-bond acceptors (Lipinski definition) is 0. The zero-order valence-electron chi connectivity index (χ0n) is 7.60. The maximum absolute atomic E-state index is 2.65. The Morgan fingerprint density at radius 1 is 1.27 bits per heavy atom. The summed E-state index contributed by atoms with van der Waals surface area (Å²) in [5.41, 5.74) is 0.682. The van der Waals surface area contributed by atoms with E-state index in [2.05, 4.69) is 43.4 Å². The lowest BCUT2D eigenvalue weighted by molar-refractivity contribution is -0.0924. The van der Waals surface area contributed by atoms with Gasteiger partial charge in [-0.15, -0.1) is 0 Å². The van der Waals surface area contributed by atoms with Gasteiger partial charge in [0.2, 0.25) is 0 Å². The van der Waals surface area contributed by atoms with Crippen LogP contribution in [0.2, 0.25) is 0 Å². The molecule has 3 rings (SSSR count). The molecule has 0 amide bonds. The van der Waals surface area contributed by atoms with Crippen molar-refractivity contribution in [3.8, 4) is 0 Å². The van der Waals surface area contributed by atoms with E-state index >= 15 is 0 Å². The van der Waals surface area contributed by atoms with Crippen molar-refractivity contribution in [1.82, 2.24) is 0 Å². The molecule has 64 valence electrons. The Morgan fingerprint density at radius 3 is 2.27 bits per heavy atom. The normalized spacial score (nSPS) is 53.5. The number of alkyl halides is 1. The summed E-state index contributed by atoms with van der Waals surface area (Å²) in [4.78, 5) is 0. The molecule has 0 spiro atoms. The third-order valence-electron chi connectivity index (χ3n) is 4.26. The zero-order valence-corrected chi connectivity index (χ0v) is 9.76. The van der Waals surface area contributed by atoms with Crippen LogP contribution in [0.5, 0.6) is 0 Å². The lowest BCUT2D eigenvalue weighted by Gasteiger charge is -2.61. The summed E-state index contributed by atoms with van der Waals surface area (Å²) in [5, 5.41) is 0. The Bertz CT molecular complexity index is 174. The molecule has 0 aliphatic heterocycles. The van der Waals surface area contributed by atoms with Crippen molar-refractivity contribution in [3.05, 3.63) is 0 Å². The summed E-state index contributed by atoms with van der Waals surface area (Å²) in [6.07, 6.45) is 3.00. The van der Waals surface area contributed by atoms with Crippen LogP contribution in [-0.2, 0) is 0 Å². The second-order valence-corrected chi connectivity index (χ2v) is 6.57. The third kappa shape index (κ3) is 0.991. The first-order chi connectivity index (χ1) is 5.03. The van der Waals surface area contributed by atoms with Gasteiger partial charge in [-0.1, -0.05) is 43.4 Å². The largest absolute Gasteiger partial charge is 0.0823 e. The van der Waals surface area contributed by atoms with E-state index < -0.39 is 0 Å². The Labute approximate surface area is 83.3 Å². The molecule has 1 heteroatoms. The van der Waals surface area contributed by atoms with Gasteiger partial charge in [-0.25, -0.2) is 0 Å². The topological polar surface area (TPSA) is 0 Å². The van der Waals surface area contributed by atoms with Crippen molar-refractivity contribution < 1.29 is 0 Å². The number of fused-ring (bicyclic) bond motifs is 2. The minimum Gasteiger partial charge on any atom is -0.0823 e. The van der Waals surface area contributed by atoms with E-state index in [9.17, 15) is 0 Å². The molecule has 11 heavy (non-hydrogen) atoms. The molecular weight excluding hydrogens is 247 g/mol. The number of hydrogen-bond donors (Lipinski definition) is 0. The van der Waals surface area contributed by atoms with Crippen LogP contribution in [0.25, 0.3) is 0 Å². The lowest BCUT2D eigenvalue weighted by atomic mass is 9.46. The van der Waals surface area contributed by atoms with Gasteiger partial charge in [0, 0.05) is 3.92 Å². The van der Waals surface area contributed by atoms with E-state index in [4.69, 9.17) is 0 Å². The summed E-state index contributed by atoms with van der Waals surface area (Å²) in [5.74, 6) is 3.05. The average Bonchev–Trinajstić information content (AvgIpc) is 1.93. The van der Waals surface area contributed by atoms with Gasteiger partial charge in [0.15, 0.2) is 0 Å². The molecule has 3 fully saturated rings.